The Balaban J connectivity index is 1.86. The first-order chi connectivity index (χ1) is 10.3. The Hall–Kier alpha value is -1.14. The van der Waals surface area contributed by atoms with Crippen LogP contribution in [0.1, 0.15) is 18.4 Å². The molecule has 0 saturated carbocycles. The number of hydrogen-bond donors (Lipinski definition) is 3. The maximum atomic E-state index is 9.16. The summed E-state index contributed by atoms with van der Waals surface area (Å²) in [5, 5.41) is 12.6. The maximum Gasteiger partial charge on any atom is 0.119 e. The predicted molar refractivity (Wildman–Crippen MR) is 84.4 cm³/mol. The summed E-state index contributed by atoms with van der Waals surface area (Å²) in [7, 11) is 0. The molecule has 1 aliphatic heterocycles. The molecular formula is C16H27N3O2. The summed E-state index contributed by atoms with van der Waals surface area (Å²) in [6, 6.07) is 8.71. The largest absolute Gasteiger partial charge is 0.494 e. The topological polar surface area (TPSA) is 70.8 Å². The number of rotatable bonds is 8. The zero-order chi connectivity index (χ0) is 14.9. The number of nitrogens with one attached hydrogen (secondary N) is 1. The van der Waals surface area contributed by atoms with Crippen LogP contribution in [-0.2, 0) is 6.54 Å². The van der Waals surface area contributed by atoms with Gasteiger partial charge in [-0.05, 0) is 37.1 Å². The van der Waals surface area contributed by atoms with Gasteiger partial charge < -0.3 is 20.9 Å². The Morgan fingerprint density at radius 3 is 2.86 bits per heavy atom. The van der Waals surface area contributed by atoms with Gasteiger partial charge in [0.15, 0.2) is 0 Å². The number of nitrogens with two attached hydrogens (primary N) is 1. The monoisotopic (exact) mass is 293 g/mol. The van der Waals surface area contributed by atoms with Crippen LogP contribution in [0.15, 0.2) is 24.3 Å². The van der Waals surface area contributed by atoms with Crippen LogP contribution in [0.25, 0.3) is 0 Å². The second-order valence-corrected chi connectivity index (χ2v) is 5.48. The van der Waals surface area contributed by atoms with Crippen LogP contribution >= 0.6 is 0 Å². The highest BCUT2D eigenvalue weighted by atomic mass is 16.5. The highest BCUT2D eigenvalue weighted by molar-refractivity contribution is 5.27. The summed E-state index contributed by atoms with van der Waals surface area (Å²) in [6.45, 7) is 5.51. The predicted octanol–water partition coefficient (Wildman–Crippen LogP) is 0.570. The molecule has 0 bridgehead atoms. The Kier molecular flexibility index (Phi) is 6.95. The van der Waals surface area contributed by atoms with E-state index in [1.54, 1.807) is 0 Å². The zero-order valence-corrected chi connectivity index (χ0v) is 12.6. The zero-order valence-electron chi connectivity index (χ0n) is 12.6. The third kappa shape index (κ3) is 5.28. The fourth-order valence-electron chi connectivity index (χ4n) is 2.64. The molecule has 1 aliphatic rings. The molecule has 1 aromatic carbocycles. The van der Waals surface area contributed by atoms with Crippen molar-refractivity contribution < 1.29 is 9.84 Å². The van der Waals surface area contributed by atoms with Crippen LogP contribution < -0.4 is 15.8 Å². The van der Waals surface area contributed by atoms with E-state index in [-0.39, 0.29) is 6.61 Å². The highest BCUT2D eigenvalue weighted by Crippen LogP contribution is 2.16. The maximum absolute atomic E-state index is 9.16. The van der Waals surface area contributed by atoms with Crippen molar-refractivity contribution >= 4 is 0 Å². The summed E-state index contributed by atoms with van der Waals surface area (Å²) in [5.74, 6) is 0.902. The van der Waals surface area contributed by atoms with Gasteiger partial charge in [0, 0.05) is 38.8 Å². The van der Waals surface area contributed by atoms with Crippen molar-refractivity contribution in [3.05, 3.63) is 29.8 Å². The Morgan fingerprint density at radius 1 is 1.33 bits per heavy atom. The van der Waals surface area contributed by atoms with Crippen molar-refractivity contribution in [3.8, 4) is 5.75 Å². The molecule has 5 nitrogen and oxygen atoms in total. The molecule has 0 radical (unpaired) electrons. The number of ether oxygens (including phenoxy) is 1. The molecule has 1 aromatic rings. The normalized spacial score (nSPS) is 19.6. The van der Waals surface area contributed by atoms with Crippen LogP contribution in [-0.4, -0.2) is 55.4 Å². The van der Waals surface area contributed by atoms with E-state index in [0.717, 1.165) is 44.8 Å². The quantitative estimate of drug-likeness (QED) is 0.611. The lowest BCUT2D eigenvalue weighted by Crippen LogP contribution is -2.51. The first-order valence-electron chi connectivity index (χ1n) is 7.81. The molecule has 118 valence electrons. The molecule has 0 aliphatic carbocycles. The SMILES string of the molecule is NCCCOc1ccc(CN2CCNCC2CCO)cc1. The number of benzene rings is 1. The average molecular weight is 293 g/mol. The van der Waals surface area contributed by atoms with Crippen molar-refractivity contribution in [3.63, 3.8) is 0 Å². The van der Waals surface area contributed by atoms with Crippen molar-refractivity contribution in [2.24, 2.45) is 5.73 Å². The lowest BCUT2D eigenvalue weighted by molar-refractivity contribution is 0.123. The minimum absolute atomic E-state index is 0.247. The summed E-state index contributed by atoms with van der Waals surface area (Å²) in [5.41, 5.74) is 6.73. The van der Waals surface area contributed by atoms with E-state index in [9.17, 15) is 0 Å². The molecule has 2 rings (SSSR count). The lowest BCUT2D eigenvalue weighted by atomic mass is 10.1. The molecular weight excluding hydrogens is 266 g/mol. The summed E-state index contributed by atoms with van der Waals surface area (Å²) in [6.07, 6.45) is 1.71. The summed E-state index contributed by atoms with van der Waals surface area (Å²) < 4.78 is 5.61. The molecule has 21 heavy (non-hydrogen) atoms. The third-order valence-electron chi connectivity index (χ3n) is 3.86. The van der Waals surface area contributed by atoms with E-state index in [1.807, 2.05) is 12.1 Å². The first-order valence-corrected chi connectivity index (χ1v) is 7.81. The number of aliphatic hydroxyl groups is 1. The van der Waals surface area contributed by atoms with E-state index in [4.69, 9.17) is 15.6 Å². The lowest BCUT2D eigenvalue weighted by Gasteiger charge is -2.36. The van der Waals surface area contributed by atoms with E-state index < -0.39 is 0 Å². The van der Waals surface area contributed by atoms with Gasteiger partial charge in [0.2, 0.25) is 0 Å². The Labute approximate surface area is 127 Å². The van der Waals surface area contributed by atoms with Crippen LogP contribution in [0.4, 0.5) is 0 Å². The van der Waals surface area contributed by atoms with Crippen molar-refractivity contribution in [1.29, 1.82) is 0 Å². The molecule has 1 atom stereocenters. The molecule has 0 amide bonds. The first kappa shape index (κ1) is 16.2. The van der Waals surface area contributed by atoms with E-state index in [2.05, 4.69) is 22.3 Å². The van der Waals surface area contributed by atoms with Gasteiger partial charge >= 0.3 is 0 Å². The van der Waals surface area contributed by atoms with Crippen LogP contribution in [0.3, 0.4) is 0 Å². The van der Waals surface area contributed by atoms with Gasteiger partial charge in [-0.2, -0.15) is 0 Å². The van der Waals surface area contributed by atoms with Gasteiger partial charge in [0.1, 0.15) is 5.75 Å². The number of nitrogens with zero attached hydrogens (tertiary/aromatic N) is 1. The Morgan fingerprint density at radius 2 is 2.14 bits per heavy atom. The fourth-order valence-corrected chi connectivity index (χ4v) is 2.64. The summed E-state index contributed by atoms with van der Waals surface area (Å²) >= 11 is 0. The molecule has 1 fully saturated rings. The molecule has 4 N–H and O–H groups in total. The van der Waals surface area contributed by atoms with Gasteiger partial charge in [-0.3, -0.25) is 4.90 Å². The van der Waals surface area contributed by atoms with Gasteiger partial charge in [0.05, 0.1) is 6.61 Å². The summed E-state index contributed by atoms with van der Waals surface area (Å²) in [4.78, 5) is 2.44. The molecule has 1 unspecified atom stereocenters. The second-order valence-electron chi connectivity index (χ2n) is 5.48. The van der Waals surface area contributed by atoms with Gasteiger partial charge in [-0.1, -0.05) is 12.1 Å². The molecule has 0 spiro atoms. The molecule has 1 heterocycles. The fraction of sp³-hybridized carbons (Fsp3) is 0.625. The number of aliphatic hydroxyl groups excluding tert-OH is 1. The minimum Gasteiger partial charge on any atom is -0.494 e. The van der Waals surface area contributed by atoms with Crippen molar-refractivity contribution in [1.82, 2.24) is 10.2 Å². The molecule has 5 heteroatoms. The van der Waals surface area contributed by atoms with Gasteiger partial charge in [-0.25, -0.2) is 0 Å². The van der Waals surface area contributed by atoms with Crippen molar-refractivity contribution in [2.45, 2.75) is 25.4 Å². The molecule has 0 aromatic heterocycles. The number of piperazine rings is 1. The van der Waals surface area contributed by atoms with Crippen LogP contribution in [0, 0.1) is 0 Å². The van der Waals surface area contributed by atoms with E-state index in [1.165, 1.54) is 5.56 Å². The van der Waals surface area contributed by atoms with E-state index >= 15 is 0 Å². The standard InChI is InChI=1S/C16H27N3O2/c17-7-1-11-21-16-4-2-14(3-5-16)13-19-9-8-18-12-15(19)6-10-20/h2-5,15,18,20H,1,6-13,17H2. The molecule has 1 saturated heterocycles. The number of hydrogen-bond acceptors (Lipinski definition) is 5. The van der Waals surface area contributed by atoms with E-state index in [0.29, 0.717) is 19.2 Å². The average Bonchev–Trinajstić information content (AvgIpc) is 2.51. The highest BCUT2D eigenvalue weighted by Gasteiger charge is 2.21. The second kappa shape index (κ2) is 9.00. The Bertz CT molecular complexity index is 395. The third-order valence-corrected chi connectivity index (χ3v) is 3.86. The van der Waals surface area contributed by atoms with Gasteiger partial charge in [-0.15, -0.1) is 0 Å². The van der Waals surface area contributed by atoms with Crippen molar-refractivity contribution in [2.75, 3.05) is 39.4 Å². The van der Waals surface area contributed by atoms with Crippen LogP contribution in [0.5, 0.6) is 5.75 Å². The smallest absolute Gasteiger partial charge is 0.119 e. The minimum atomic E-state index is 0.247. The van der Waals surface area contributed by atoms with Gasteiger partial charge in [0.25, 0.3) is 0 Å². The van der Waals surface area contributed by atoms with Crippen LogP contribution in [0.2, 0.25) is 0 Å².